The number of hydrogen-bond acceptors (Lipinski definition) is 5. The molecule has 0 aliphatic rings. The van der Waals surface area contributed by atoms with E-state index in [0.29, 0.717) is 12.8 Å². The smallest absolute Gasteiger partial charge is 0.249 e. The van der Waals surface area contributed by atoms with Crippen LogP contribution in [0.25, 0.3) is 0 Å². The lowest BCUT2D eigenvalue weighted by Gasteiger charge is -2.27. The Balaban J connectivity index is 3.94. The van der Waals surface area contributed by atoms with Crippen LogP contribution in [-0.2, 0) is 4.79 Å². The Morgan fingerprint density at radius 3 is 1.70 bits per heavy atom. The average molecular weight is 526 g/mol. The molecule has 4 unspecified atom stereocenters. The van der Waals surface area contributed by atoms with Crippen molar-refractivity contribution in [2.75, 3.05) is 6.61 Å². The maximum atomic E-state index is 12.3. The number of hydrogen-bond donors (Lipinski definition) is 5. The minimum Gasteiger partial charge on any atom is -0.394 e. The molecule has 0 aromatic heterocycles. The Labute approximate surface area is 227 Å². The molecule has 0 aliphatic heterocycles. The summed E-state index contributed by atoms with van der Waals surface area (Å²) in [6.45, 7) is 3.91. The SMILES string of the molecule is CCCCC/C=C\C=C/CCCCCCCC(O)C(=O)NC(CO)C(O)C(O)CCCCCCCCC. The molecule has 0 aliphatic carbocycles. The first-order valence-corrected chi connectivity index (χ1v) is 15.2. The summed E-state index contributed by atoms with van der Waals surface area (Å²) in [6.07, 6.45) is 24.9. The molecule has 1 amide bonds. The fourth-order valence-electron chi connectivity index (χ4n) is 4.39. The molecule has 6 nitrogen and oxygen atoms in total. The van der Waals surface area contributed by atoms with Crippen molar-refractivity contribution in [3.05, 3.63) is 24.3 Å². The molecule has 0 radical (unpaired) electrons. The van der Waals surface area contributed by atoms with Crippen molar-refractivity contribution in [2.45, 2.75) is 160 Å². The minimum atomic E-state index is -1.26. The van der Waals surface area contributed by atoms with Gasteiger partial charge in [-0.1, -0.05) is 122 Å². The largest absolute Gasteiger partial charge is 0.394 e. The van der Waals surface area contributed by atoms with E-state index in [1.165, 1.54) is 44.9 Å². The Morgan fingerprint density at radius 2 is 1.14 bits per heavy atom. The van der Waals surface area contributed by atoms with Gasteiger partial charge in [0.15, 0.2) is 0 Å². The number of aliphatic hydroxyl groups excluding tert-OH is 4. The molecule has 0 fully saturated rings. The predicted octanol–water partition coefficient (Wildman–Crippen LogP) is 6.11. The van der Waals surface area contributed by atoms with Gasteiger partial charge < -0.3 is 25.7 Å². The maximum absolute atomic E-state index is 12.3. The highest BCUT2D eigenvalue weighted by Crippen LogP contribution is 2.14. The summed E-state index contributed by atoms with van der Waals surface area (Å²) in [5.74, 6) is -0.603. The zero-order valence-corrected chi connectivity index (χ0v) is 24.0. The molecule has 0 heterocycles. The van der Waals surface area contributed by atoms with E-state index in [0.717, 1.165) is 64.2 Å². The summed E-state index contributed by atoms with van der Waals surface area (Å²) < 4.78 is 0. The van der Waals surface area contributed by atoms with E-state index in [4.69, 9.17) is 0 Å². The van der Waals surface area contributed by atoms with Crippen LogP contribution in [0.1, 0.15) is 136 Å². The minimum absolute atomic E-state index is 0.351. The molecule has 6 heteroatoms. The number of carbonyl (C=O) groups excluding carboxylic acids is 1. The van der Waals surface area contributed by atoms with Gasteiger partial charge in [-0.15, -0.1) is 0 Å². The second-order valence-corrected chi connectivity index (χ2v) is 10.5. The van der Waals surface area contributed by atoms with Crippen molar-refractivity contribution >= 4 is 5.91 Å². The predicted molar refractivity (Wildman–Crippen MR) is 154 cm³/mol. The van der Waals surface area contributed by atoms with E-state index in [1.807, 2.05) is 0 Å². The van der Waals surface area contributed by atoms with Gasteiger partial charge in [-0.25, -0.2) is 0 Å². The lowest BCUT2D eigenvalue weighted by atomic mass is 9.99. The van der Waals surface area contributed by atoms with Crippen molar-refractivity contribution in [3.8, 4) is 0 Å². The summed E-state index contributed by atoms with van der Waals surface area (Å²) in [4.78, 5) is 12.3. The van der Waals surface area contributed by atoms with Gasteiger partial charge in [-0.3, -0.25) is 4.79 Å². The highest BCUT2D eigenvalue weighted by Gasteiger charge is 2.28. The molecule has 37 heavy (non-hydrogen) atoms. The van der Waals surface area contributed by atoms with Gasteiger partial charge >= 0.3 is 0 Å². The third-order valence-electron chi connectivity index (χ3n) is 6.94. The van der Waals surface area contributed by atoms with Crippen molar-refractivity contribution in [1.29, 1.82) is 0 Å². The van der Waals surface area contributed by atoms with Crippen LogP contribution < -0.4 is 5.32 Å². The standard InChI is InChI=1S/C31H59NO5/c1-3-5-7-9-11-12-13-14-15-16-17-19-21-23-25-29(35)31(37)32-27(26-33)30(36)28(34)24-22-20-18-10-8-6-4-2/h11-14,27-30,33-36H,3-10,15-26H2,1-2H3,(H,32,37)/b12-11-,14-13-. The monoisotopic (exact) mass is 525 g/mol. The van der Waals surface area contributed by atoms with E-state index >= 15 is 0 Å². The second kappa shape index (κ2) is 26.4. The topological polar surface area (TPSA) is 110 Å². The van der Waals surface area contributed by atoms with Crippen LogP contribution >= 0.6 is 0 Å². The first-order valence-electron chi connectivity index (χ1n) is 15.2. The second-order valence-electron chi connectivity index (χ2n) is 10.5. The number of amides is 1. The van der Waals surface area contributed by atoms with Gasteiger partial charge in [0.2, 0.25) is 5.91 Å². The molecule has 0 spiro atoms. The molecule has 4 atom stereocenters. The number of nitrogens with one attached hydrogen (secondary N) is 1. The quantitative estimate of drug-likeness (QED) is 0.0691. The van der Waals surface area contributed by atoms with Gasteiger partial charge in [0.25, 0.3) is 0 Å². The zero-order chi connectivity index (χ0) is 27.6. The molecule has 5 N–H and O–H groups in total. The zero-order valence-electron chi connectivity index (χ0n) is 24.0. The van der Waals surface area contributed by atoms with E-state index in [2.05, 4.69) is 43.5 Å². The van der Waals surface area contributed by atoms with Gasteiger partial charge in [-0.2, -0.15) is 0 Å². The van der Waals surface area contributed by atoms with Crippen LogP contribution in [0.5, 0.6) is 0 Å². The normalized spacial score (nSPS) is 15.3. The van der Waals surface area contributed by atoms with Crippen LogP contribution in [0.4, 0.5) is 0 Å². The molecule has 0 saturated heterocycles. The Bertz CT molecular complexity index is 566. The third kappa shape index (κ3) is 21.4. The molecule has 218 valence electrons. The van der Waals surface area contributed by atoms with E-state index in [9.17, 15) is 25.2 Å². The highest BCUT2D eigenvalue weighted by atomic mass is 16.3. The number of aliphatic hydroxyl groups is 4. The van der Waals surface area contributed by atoms with E-state index in [-0.39, 0.29) is 0 Å². The summed E-state index contributed by atoms with van der Waals surface area (Å²) >= 11 is 0. The van der Waals surface area contributed by atoms with Crippen LogP contribution in [0.3, 0.4) is 0 Å². The Hall–Kier alpha value is -1.21. The summed E-state index contributed by atoms with van der Waals surface area (Å²) in [6, 6.07) is -0.985. The average Bonchev–Trinajstić information content (AvgIpc) is 2.90. The molecular weight excluding hydrogens is 466 g/mol. The van der Waals surface area contributed by atoms with Crippen molar-refractivity contribution in [1.82, 2.24) is 5.32 Å². The summed E-state index contributed by atoms with van der Waals surface area (Å²) in [7, 11) is 0. The van der Waals surface area contributed by atoms with Crippen LogP contribution in [0.15, 0.2) is 24.3 Å². The van der Waals surface area contributed by atoms with Crippen LogP contribution in [0, 0.1) is 0 Å². The molecule has 0 aromatic rings. The van der Waals surface area contributed by atoms with Crippen molar-refractivity contribution < 1.29 is 25.2 Å². The lowest BCUT2D eigenvalue weighted by molar-refractivity contribution is -0.132. The molecular formula is C31H59NO5. The fourth-order valence-corrected chi connectivity index (χ4v) is 4.39. The summed E-state index contributed by atoms with van der Waals surface area (Å²) in [5, 5.41) is 42.9. The number of rotatable bonds is 26. The van der Waals surface area contributed by atoms with Crippen molar-refractivity contribution in [3.63, 3.8) is 0 Å². The van der Waals surface area contributed by atoms with E-state index in [1.54, 1.807) is 0 Å². The molecule has 0 saturated carbocycles. The third-order valence-corrected chi connectivity index (χ3v) is 6.94. The highest BCUT2D eigenvalue weighted by molar-refractivity contribution is 5.80. The Kier molecular flexibility index (Phi) is 25.5. The first-order chi connectivity index (χ1) is 18.0. The lowest BCUT2D eigenvalue weighted by Crippen LogP contribution is -2.53. The van der Waals surface area contributed by atoms with Gasteiger partial charge in [0.05, 0.1) is 18.8 Å². The van der Waals surface area contributed by atoms with Gasteiger partial charge in [0.1, 0.15) is 12.2 Å². The first kappa shape index (κ1) is 35.8. The fraction of sp³-hybridized carbons (Fsp3) is 0.839. The maximum Gasteiger partial charge on any atom is 0.249 e. The number of unbranched alkanes of at least 4 members (excludes halogenated alkanes) is 14. The summed E-state index contributed by atoms with van der Waals surface area (Å²) in [5.41, 5.74) is 0. The van der Waals surface area contributed by atoms with E-state index < -0.39 is 36.9 Å². The van der Waals surface area contributed by atoms with Gasteiger partial charge in [-0.05, 0) is 38.5 Å². The number of allylic oxidation sites excluding steroid dienone is 4. The van der Waals surface area contributed by atoms with Crippen molar-refractivity contribution in [2.24, 2.45) is 0 Å². The van der Waals surface area contributed by atoms with Gasteiger partial charge in [0, 0.05) is 0 Å². The molecule has 0 aromatic carbocycles. The van der Waals surface area contributed by atoms with Crippen LogP contribution in [-0.4, -0.2) is 57.3 Å². The molecule has 0 bridgehead atoms. The molecule has 0 rings (SSSR count). The number of carbonyl (C=O) groups is 1. The van der Waals surface area contributed by atoms with Crippen LogP contribution in [0.2, 0.25) is 0 Å². The Morgan fingerprint density at radius 1 is 0.676 bits per heavy atom.